The van der Waals surface area contributed by atoms with E-state index in [9.17, 15) is 19.5 Å². The van der Waals surface area contributed by atoms with Crippen LogP contribution in [0.5, 0.6) is 0 Å². The summed E-state index contributed by atoms with van der Waals surface area (Å²) in [5.74, 6) is -2.58. The van der Waals surface area contributed by atoms with Crippen LogP contribution in [0, 0.1) is 0 Å². The normalized spacial score (nSPS) is 15.4. The average molecular weight is 455 g/mol. The number of anilines is 1. The zero-order chi connectivity index (χ0) is 22.8. The summed E-state index contributed by atoms with van der Waals surface area (Å²) in [5, 5.41) is 38.1. The Morgan fingerprint density at radius 2 is 1.88 bits per heavy atom. The summed E-state index contributed by atoms with van der Waals surface area (Å²) >= 11 is 1.04. The number of carbonyl (C=O) groups is 3. The number of aromatic carboxylic acids is 1. The molecule has 0 unspecified atom stereocenters. The Hall–Kier alpha value is -3.31. The lowest BCUT2D eigenvalue weighted by Crippen LogP contribution is -2.38. The molecule has 2 heterocycles. The summed E-state index contributed by atoms with van der Waals surface area (Å²) in [6, 6.07) is 12.8. The molecule has 4 rings (SSSR count). The Morgan fingerprint density at radius 1 is 1.12 bits per heavy atom. The molecule has 32 heavy (non-hydrogen) atoms. The van der Waals surface area contributed by atoms with E-state index >= 15 is 0 Å². The molecule has 166 valence electrons. The van der Waals surface area contributed by atoms with Gasteiger partial charge in [-0.2, -0.15) is 0 Å². The molecule has 9 nitrogen and oxygen atoms in total. The van der Waals surface area contributed by atoms with Gasteiger partial charge in [0.25, 0.3) is 11.8 Å². The monoisotopic (exact) mass is 455 g/mol. The van der Waals surface area contributed by atoms with E-state index in [2.05, 4.69) is 16.0 Å². The minimum atomic E-state index is -2.26. The van der Waals surface area contributed by atoms with Crippen LogP contribution in [0.15, 0.2) is 42.5 Å². The maximum absolute atomic E-state index is 12.7. The first-order valence-electron chi connectivity index (χ1n) is 9.91. The van der Waals surface area contributed by atoms with E-state index in [0.29, 0.717) is 29.0 Å². The molecule has 0 saturated heterocycles. The topological polar surface area (TPSA) is 148 Å². The van der Waals surface area contributed by atoms with E-state index in [1.807, 2.05) is 36.4 Å². The lowest BCUT2D eigenvalue weighted by molar-refractivity contribution is -0.141. The number of thiophene rings is 1. The molecular formula is C22H21N3O6S. The van der Waals surface area contributed by atoms with Crippen LogP contribution in [-0.4, -0.2) is 52.5 Å². The molecule has 1 atom stereocenters. The number of nitrogens with one attached hydrogen (secondary N) is 3. The highest BCUT2D eigenvalue weighted by Gasteiger charge is 2.31. The molecule has 1 aromatic heterocycles. The van der Waals surface area contributed by atoms with Crippen LogP contribution in [0.25, 0.3) is 10.8 Å². The Labute approximate surface area is 186 Å². The maximum Gasteiger partial charge on any atom is 0.339 e. The van der Waals surface area contributed by atoms with Gasteiger partial charge in [0.05, 0.1) is 11.6 Å². The van der Waals surface area contributed by atoms with E-state index in [4.69, 9.17) is 10.2 Å². The number of aliphatic hydroxyl groups is 2. The summed E-state index contributed by atoms with van der Waals surface area (Å²) in [7, 11) is 0. The number of hydrogen-bond donors (Lipinski definition) is 6. The molecule has 3 aromatic rings. The van der Waals surface area contributed by atoms with Gasteiger partial charge in [-0.05, 0) is 41.4 Å². The van der Waals surface area contributed by atoms with Crippen LogP contribution in [0.4, 0.5) is 5.00 Å². The largest absolute Gasteiger partial charge is 0.478 e. The highest BCUT2D eigenvalue weighted by molar-refractivity contribution is 7.17. The van der Waals surface area contributed by atoms with Crippen LogP contribution >= 0.6 is 11.3 Å². The van der Waals surface area contributed by atoms with Gasteiger partial charge in [-0.25, -0.2) is 4.79 Å². The highest BCUT2D eigenvalue weighted by atomic mass is 32.1. The zero-order valence-electron chi connectivity index (χ0n) is 16.8. The number of aliphatic hydroxyl groups excluding tert-OH is 1. The van der Waals surface area contributed by atoms with Crippen molar-refractivity contribution in [3.63, 3.8) is 0 Å². The number of amides is 2. The molecule has 1 aliphatic rings. The molecule has 0 aliphatic carbocycles. The predicted octanol–water partition coefficient (Wildman–Crippen LogP) is 1.47. The summed E-state index contributed by atoms with van der Waals surface area (Å²) in [6.07, 6.45) is -1.83. The van der Waals surface area contributed by atoms with Crippen molar-refractivity contribution in [2.45, 2.75) is 18.8 Å². The third-order valence-electron chi connectivity index (χ3n) is 5.28. The van der Waals surface area contributed by atoms with Crippen molar-refractivity contribution in [2.75, 3.05) is 18.4 Å². The number of benzene rings is 2. The summed E-state index contributed by atoms with van der Waals surface area (Å²) in [4.78, 5) is 36.9. The molecule has 2 amide bonds. The Kier molecular flexibility index (Phi) is 6.19. The van der Waals surface area contributed by atoms with Gasteiger partial charge in [-0.3, -0.25) is 9.59 Å². The summed E-state index contributed by atoms with van der Waals surface area (Å²) < 4.78 is 0. The fourth-order valence-electron chi connectivity index (χ4n) is 3.76. The van der Waals surface area contributed by atoms with Gasteiger partial charge in [-0.1, -0.05) is 30.3 Å². The summed E-state index contributed by atoms with van der Waals surface area (Å²) in [5.41, 5.74) is 1.02. The van der Waals surface area contributed by atoms with Crippen molar-refractivity contribution in [1.29, 1.82) is 0 Å². The smallest absolute Gasteiger partial charge is 0.339 e. The third kappa shape index (κ3) is 4.34. The maximum atomic E-state index is 12.7. The predicted molar refractivity (Wildman–Crippen MR) is 119 cm³/mol. The van der Waals surface area contributed by atoms with Crippen molar-refractivity contribution >= 4 is 44.9 Å². The van der Waals surface area contributed by atoms with E-state index in [1.165, 1.54) is 0 Å². The molecule has 0 bridgehead atoms. The van der Waals surface area contributed by atoms with Gasteiger partial charge in [0.2, 0.25) is 6.29 Å². The number of carbonyl (C=O) groups excluding carboxylic acids is 2. The fourth-order valence-corrected chi connectivity index (χ4v) is 5.08. The first-order chi connectivity index (χ1) is 15.3. The Balaban J connectivity index is 1.54. The first-order valence-corrected chi connectivity index (χ1v) is 10.7. The van der Waals surface area contributed by atoms with Crippen LogP contribution in [0.1, 0.15) is 37.2 Å². The van der Waals surface area contributed by atoms with Gasteiger partial charge in [-0.15, -0.1) is 11.3 Å². The quantitative estimate of drug-likeness (QED) is 0.308. The minimum Gasteiger partial charge on any atom is -0.478 e. The van der Waals surface area contributed by atoms with Crippen LogP contribution in [0.2, 0.25) is 0 Å². The molecule has 0 fully saturated rings. The van der Waals surface area contributed by atoms with E-state index < -0.39 is 18.2 Å². The van der Waals surface area contributed by atoms with Crippen molar-refractivity contribution in [3.8, 4) is 0 Å². The van der Waals surface area contributed by atoms with Gasteiger partial charge in [0.15, 0.2) is 0 Å². The second-order valence-corrected chi connectivity index (χ2v) is 8.40. The number of carboxylic acid groups (broad SMARTS) is 1. The minimum absolute atomic E-state index is 0.0372. The number of fused-ring (bicyclic) bond motifs is 2. The van der Waals surface area contributed by atoms with Gasteiger partial charge in [0, 0.05) is 17.0 Å². The second-order valence-electron chi connectivity index (χ2n) is 7.35. The van der Waals surface area contributed by atoms with Gasteiger partial charge in [0.1, 0.15) is 5.00 Å². The first kappa shape index (κ1) is 21.9. The summed E-state index contributed by atoms with van der Waals surface area (Å²) in [6.45, 7) is 0.713. The van der Waals surface area contributed by atoms with Crippen molar-refractivity contribution in [2.24, 2.45) is 0 Å². The highest BCUT2D eigenvalue weighted by Crippen LogP contribution is 2.39. The lowest BCUT2D eigenvalue weighted by Gasteiger charge is -2.24. The Morgan fingerprint density at radius 3 is 2.59 bits per heavy atom. The molecule has 6 N–H and O–H groups in total. The van der Waals surface area contributed by atoms with E-state index in [-0.39, 0.29) is 29.1 Å². The van der Waals surface area contributed by atoms with Gasteiger partial charge < -0.3 is 31.3 Å². The Bertz CT molecular complexity index is 1210. The molecule has 2 aromatic carbocycles. The molecular weight excluding hydrogens is 434 g/mol. The second kappa shape index (κ2) is 9.05. The van der Waals surface area contributed by atoms with E-state index in [0.717, 1.165) is 22.1 Å². The number of rotatable bonds is 6. The molecule has 10 heteroatoms. The van der Waals surface area contributed by atoms with Crippen LogP contribution in [-0.2, 0) is 11.2 Å². The average Bonchev–Trinajstić information content (AvgIpc) is 3.15. The van der Waals surface area contributed by atoms with Crippen LogP contribution in [0.3, 0.4) is 0 Å². The van der Waals surface area contributed by atoms with Crippen molar-refractivity contribution in [1.82, 2.24) is 10.6 Å². The third-order valence-corrected chi connectivity index (χ3v) is 6.55. The lowest BCUT2D eigenvalue weighted by atomic mass is 9.99. The van der Waals surface area contributed by atoms with Crippen molar-refractivity contribution in [3.05, 3.63) is 64.0 Å². The number of carboxylic acids is 1. The molecule has 0 radical (unpaired) electrons. The SMILES string of the molecule is O=C(NC[C@@H]1NCCc2c1sc(NC(=O)C(O)O)c2C(=O)O)c1ccc2ccccc2c1. The molecule has 0 saturated carbocycles. The standard InChI is InChI=1S/C22H21N3O6S/c26-18(13-6-5-11-3-1-2-4-12(11)9-13)24-10-15-17-14(7-8-23-15)16(21(28)29)20(32-17)25-19(27)22(30)31/h1-6,9,15,22-23,30-31H,7-8,10H2,(H,24,26)(H,25,27)(H,28,29)/t15-/m0/s1. The zero-order valence-corrected chi connectivity index (χ0v) is 17.6. The molecule has 0 spiro atoms. The van der Waals surface area contributed by atoms with Gasteiger partial charge >= 0.3 is 5.97 Å². The van der Waals surface area contributed by atoms with Crippen LogP contribution < -0.4 is 16.0 Å². The molecule has 1 aliphatic heterocycles. The van der Waals surface area contributed by atoms with E-state index in [1.54, 1.807) is 6.07 Å². The fraction of sp³-hybridized carbons (Fsp3) is 0.227. The van der Waals surface area contributed by atoms with Crippen molar-refractivity contribution < 1.29 is 29.7 Å². The number of hydrogen-bond acceptors (Lipinski definition) is 7.